The number of piperazine rings is 1. The number of thiazole rings is 1. The van der Waals surface area contributed by atoms with Gasteiger partial charge in [-0.2, -0.15) is 0 Å². The molecule has 0 saturated carbocycles. The molecule has 1 aliphatic heterocycles. The summed E-state index contributed by atoms with van der Waals surface area (Å²) in [6, 6.07) is 0. The molecule has 16 heavy (non-hydrogen) atoms. The van der Waals surface area contributed by atoms with E-state index in [9.17, 15) is 0 Å². The van der Waals surface area contributed by atoms with Crippen LogP contribution in [-0.4, -0.2) is 47.0 Å². The van der Waals surface area contributed by atoms with Gasteiger partial charge in [0.05, 0.1) is 0 Å². The van der Waals surface area contributed by atoms with Gasteiger partial charge >= 0.3 is 0 Å². The van der Waals surface area contributed by atoms with Gasteiger partial charge in [0.25, 0.3) is 0 Å². The second-order valence-electron chi connectivity index (χ2n) is 4.15. The summed E-state index contributed by atoms with van der Waals surface area (Å²) >= 11 is 1.73. The third-order valence-electron chi connectivity index (χ3n) is 3.11. The summed E-state index contributed by atoms with van der Waals surface area (Å²) in [5, 5.41) is 5.61. The Morgan fingerprint density at radius 1 is 1.38 bits per heavy atom. The second kappa shape index (κ2) is 4.53. The Morgan fingerprint density at radius 2 is 2.25 bits per heavy atom. The summed E-state index contributed by atoms with van der Waals surface area (Å²) in [6.07, 6.45) is 5.05. The maximum atomic E-state index is 4.29. The monoisotopic (exact) mass is 236 g/mol. The van der Waals surface area contributed by atoms with Gasteiger partial charge < -0.3 is 10.2 Å². The van der Waals surface area contributed by atoms with Crippen LogP contribution in [0.1, 0.15) is 5.69 Å². The van der Waals surface area contributed by atoms with Gasteiger partial charge in [-0.1, -0.05) is 0 Å². The Bertz CT molecular complexity index is 455. The summed E-state index contributed by atoms with van der Waals surface area (Å²) < 4.78 is 2.20. The molecule has 2 aromatic heterocycles. The highest BCUT2D eigenvalue weighted by molar-refractivity contribution is 7.15. The van der Waals surface area contributed by atoms with E-state index in [-0.39, 0.29) is 0 Å². The first-order valence-corrected chi connectivity index (χ1v) is 6.64. The molecular formula is C11H16N4S. The predicted octanol–water partition coefficient (Wildman–Crippen LogP) is 0.843. The van der Waals surface area contributed by atoms with Crippen molar-refractivity contribution in [3.05, 3.63) is 23.5 Å². The van der Waals surface area contributed by atoms with Crippen molar-refractivity contribution in [1.29, 1.82) is 0 Å². The molecule has 1 N–H and O–H groups in total. The Labute approximate surface area is 98.9 Å². The first-order valence-electron chi connectivity index (χ1n) is 5.76. The van der Waals surface area contributed by atoms with Crippen LogP contribution in [0.3, 0.4) is 0 Å². The van der Waals surface area contributed by atoms with Crippen molar-refractivity contribution >= 4 is 16.3 Å². The number of rotatable bonds is 3. The molecule has 0 atom stereocenters. The molecule has 3 rings (SSSR count). The van der Waals surface area contributed by atoms with Gasteiger partial charge in [0.2, 0.25) is 0 Å². The van der Waals surface area contributed by atoms with E-state index in [1.54, 1.807) is 11.3 Å². The van der Waals surface area contributed by atoms with Crippen LogP contribution in [0.25, 0.3) is 4.96 Å². The van der Waals surface area contributed by atoms with E-state index in [0.717, 1.165) is 31.0 Å². The van der Waals surface area contributed by atoms with Crippen LogP contribution in [0.2, 0.25) is 0 Å². The highest BCUT2D eigenvalue weighted by Crippen LogP contribution is 2.15. The van der Waals surface area contributed by atoms with Gasteiger partial charge in [-0.3, -0.25) is 4.40 Å². The van der Waals surface area contributed by atoms with Crippen molar-refractivity contribution in [1.82, 2.24) is 19.6 Å². The predicted molar refractivity (Wildman–Crippen MR) is 66.1 cm³/mol. The molecule has 4 nitrogen and oxygen atoms in total. The zero-order valence-corrected chi connectivity index (χ0v) is 10.0. The lowest BCUT2D eigenvalue weighted by Gasteiger charge is -2.26. The minimum absolute atomic E-state index is 1.11. The molecule has 86 valence electrons. The lowest BCUT2D eigenvalue weighted by atomic mass is 10.3. The molecule has 0 unspecified atom stereocenters. The lowest BCUT2D eigenvalue weighted by molar-refractivity contribution is 0.243. The summed E-state index contributed by atoms with van der Waals surface area (Å²) in [5.41, 5.74) is 1.39. The lowest BCUT2D eigenvalue weighted by Crippen LogP contribution is -2.44. The van der Waals surface area contributed by atoms with E-state index in [4.69, 9.17) is 0 Å². The van der Waals surface area contributed by atoms with Gasteiger partial charge in [-0.25, -0.2) is 4.98 Å². The standard InChI is InChI=1S/C11H16N4S/c1(5-14-6-2-12-3-7-14)10-9-16-11-13-4-8-15(10)11/h4,8-9,12H,1-3,5-7H2. The zero-order chi connectivity index (χ0) is 10.8. The van der Waals surface area contributed by atoms with Gasteiger partial charge in [0.1, 0.15) is 0 Å². The number of fused-ring (bicyclic) bond motifs is 1. The molecule has 0 aliphatic carbocycles. The number of aromatic nitrogens is 2. The minimum atomic E-state index is 1.11. The molecule has 3 heterocycles. The molecule has 0 aromatic carbocycles. The van der Waals surface area contributed by atoms with Crippen molar-refractivity contribution < 1.29 is 0 Å². The highest BCUT2D eigenvalue weighted by Gasteiger charge is 2.10. The first-order chi connectivity index (χ1) is 7.93. The van der Waals surface area contributed by atoms with Crippen molar-refractivity contribution in [2.75, 3.05) is 32.7 Å². The fourth-order valence-corrected chi connectivity index (χ4v) is 3.05. The first kappa shape index (κ1) is 10.3. The third-order valence-corrected chi connectivity index (χ3v) is 4.01. The number of nitrogens with one attached hydrogen (secondary N) is 1. The molecule has 0 radical (unpaired) electrons. The number of hydrogen-bond donors (Lipinski definition) is 1. The zero-order valence-electron chi connectivity index (χ0n) is 9.22. The topological polar surface area (TPSA) is 32.6 Å². The van der Waals surface area contributed by atoms with E-state index in [1.807, 2.05) is 6.20 Å². The quantitative estimate of drug-likeness (QED) is 0.857. The van der Waals surface area contributed by atoms with Crippen LogP contribution >= 0.6 is 11.3 Å². The molecule has 0 bridgehead atoms. The molecule has 1 saturated heterocycles. The van der Waals surface area contributed by atoms with Gasteiger partial charge in [-0.05, 0) is 0 Å². The van der Waals surface area contributed by atoms with Crippen LogP contribution < -0.4 is 5.32 Å². The number of imidazole rings is 1. The minimum Gasteiger partial charge on any atom is -0.314 e. The highest BCUT2D eigenvalue weighted by atomic mass is 32.1. The molecule has 0 amide bonds. The Hall–Kier alpha value is -0.910. The average molecular weight is 236 g/mol. The Morgan fingerprint density at radius 3 is 3.12 bits per heavy atom. The van der Waals surface area contributed by atoms with Crippen molar-refractivity contribution in [3.8, 4) is 0 Å². The van der Waals surface area contributed by atoms with Gasteiger partial charge in [0.15, 0.2) is 4.96 Å². The SMILES string of the molecule is c1cn2c(CCN3CCNCC3)csc2n1. The van der Waals surface area contributed by atoms with E-state index in [2.05, 4.69) is 31.2 Å². The van der Waals surface area contributed by atoms with E-state index >= 15 is 0 Å². The maximum Gasteiger partial charge on any atom is 0.193 e. The summed E-state index contributed by atoms with van der Waals surface area (Å²) in [6.45, 7) is 5.77. The summed E-state index contributed by atoms with van der Waals surface area (Å²) in [5.74, 6) is 0. The van der Waals surface area contributed by atoms with E-state index in [1.165, 1.54) is 18.8 Å². The van der Waals surface area contributed by atoms with Crippen molar-refractivity contribution in [2.45, 2.75) is 6.42 Å². The third kappa shape index (κ3) is 1.98. The summed E-state index contributed by atoms with van der Waals surface area (Å²) in [7, 11) is 0. The normalized spacial score (nSPS) is 18.2. The Balaban J connectivity index is 1.64. The summed E-state index contributed by atoms with van der Waals surface area (Å²) in [4.78, 5) is 7.92. The van der Waals surface area contributed by atoms with Crippen LogP contribution in [0.5, 0.6) is 0 Å². The molecule has 1 fully saturated rings. The smallest absolute Gasteiger partial charge is 0.193 e. The van der Waals surface area contributed by atoms with Crippen molar-refractivity contribution in [3.63, 3.8) is 0 Å². The number of hydrogen-bond acceptors (Lipinski definition) is 4. The molecule has 1 aliphatic rings. The van der Waals surface area contributed by atoms with Crippen LogP contribution in [-0.2, 0) is 6.42 Å². The number of nitrogens with zero attached hydrogens (tertiary/aromatic N) is 3. The average Bonchev–Trinajstić information content (AvgIpc) is 2.90. The molecular weight excluding hydrogens is 220 g/mol. The van der Waals surface area contributed by atoms with Crippen molar-refractivity contribution in [2.24, 2.45) is 0 Å². The second-order valence-corrected chi connectivity index (χ2v) is 4.99. The van der Waals surface area contributed by atoms with Crippen LogP contribution in [0.15, 0.2) is 17.8 Å². The maximum absolute atomic E-state index is 4.29. The molecule has 0 spiro atoms. The molecule has 2 aromatic rings. The Kier molecular flexibility index (Phi) is 2.90. The van der Waals surface area contributed by atoms with Crippen LogP contribution in [0, 0.1) is 0 Å². The van der Waals surface area contributed by atoms with Crippen LogP contribution in [0.4, 0.5) is 0 Å². The fraction of sp³-hybridized carbons (Fsp3) is 0.545. The van der Waals surface area contributed by atoms with E-state index in [0.29, 0.717) is 0 Å². The fourth-order valence-electron chi connectivity index (χ4n) is 2.16. The van der Waals surface area contributed by atoms with Gasteiger partial charge in [0, 0.05) is 62.6 Å². The van der Waals surface area contributed by atoms with E-state index < -0.39 is 0 Å². The largest absolute Gasteiger partial charge is 0.314 e. The molecule has 5 heteroatoms. The van der Waals surface area contributed by atoms with Gasteiger partial charge in [-0.15, -0.1) is 11.3 Å².